The Morgan fingerprint density at radius 1 is 1.29 bits per heavy atom. The molecule has 0 radical (unpaired) electrons. The molecule has 1 heterocycles. The van der Waals surface area contributed by atoms with E-state index in [1.807, 2.05) is 6.07 Å². The van der Waals surface area contributed by atoms with Crippen molar-refractivity contribution in [1.82, 2.24) is 9.55 Å². The number of benzene rings is 1. The minimum absolute atomic E-state index is 0.412. The number of halogens is 1. The molecule has 0 bridgehead atoms. The fourth-order valence-electron chi connectivity index (χ4n) is 2.20. The number of hydrogen-bond donors (Lipinski definition) is 0. The van der Waals surface area contributed by atoms with Crippen LogP contribution in [0.3, 0.4) is 0 Å². The van der Waals surface area contributed by atoms with Gasteiger partial charge in [0.05, 0.1) is 16.9 Å². The van der Waals surface area contributed by atoms with Gasteiger partial charge in [0.15, 0.2) is 0 Å². The monoisotopic (exact) mass is 250 g/mol. The molecular formula is C14H19ClN2. The van der Waals surface area contributed by atoms with E-state index in [1.165, 1.54) is 11.1 Å². The van der Waals surface area contributed by atoms with E-state index in [4.69, 9.17) is 11.6 Å². The van der Waals surface area contributed by atoms with Crippen molar-refractivity contribution in [3.63, 3.8) is 0 Å². The highest BCUT2D eigenvalue weighted by atomic mass is 35.5. The lowest BCUT2D eigenvalue weighted by Gasteiger charge is -2.21. The van der Waals surface area contributed by atoms with E-state index in [0.29, 0.717) is 17.8 Å². The van der Waals surface area contributed by atoms with Crippen LogP contribution in [0.1, 0.15) is 38.2 Å². The summed E-state index contributed by atoms with van der Waals surface area (Å²) in [5, 5.41) is 0. The Bertz CT molecular complexity index is 528. The third-order valence-electron chi connectivity index (χ3n) is 3.48. The van der Waals surface area contributed by atoms with Crippen LogP contribution in [-0.2, 0) is 5.88 Å². The maximum Gasteiger partial charge on any atom is 0.125 e. The average molecular weight is 251 g/mol. The number of rotatable bonds is 3. The first-order valence-electron chi connectivity index (χ1n) is 6.08. The smallest absolute Gasteiger partial charge is 0.125 e. The van der Waals surface area contributed by atoms with Crippen molar-refractivity contribution in [2.45, 2.75) is 39.6 Å². The van der Waals surface area contributed by atoms with Crippen molar-refractivity contribution in [3.05, 3.63) is 29.6 Å². The molecule has 17 heavy (non-hydrogen) atoms. The van der Waals surface area contributed by atoms with Gasteiger partial charge in [0, 0.05) is 6.04 Å². The molecule has 92 valence electrons. The van der Waals surface area contributed by atoms with E-state index >= 15 is 0 Å². The van der Waals surface area contributed by atoms with Crippen LogP contribution in [0.4, 0.5) is 0 Å². The van der Waals surface area contributed by atoms with Crippen molar-refractivity contribution in [1.29, 1.82) is 0 Å². The zero-order valence-corrected chi connectivity index (χ0v) is 11.6. The van der Waals surface area contributed by atoms with Gasteiger partial charge >= 0.3 is 0 Å². The third kappa shape index (κ3) is 2.06. The standard InChI is InChI=1S/C14H19ClN2/c1-9(2)11(4)17-13(8-15)16-12-7-5-6-10(3)14(12)17/h5-7,9,11H,8H2,1-4H3. The molecule has 0 saturated carbocycles. The third-order valence-corrected chi connectivity index (χ3v) is 3.72. The van der Waals surface area contributed by atoms with E-state index in [0.717, 1.165) is 11.3 Å². The normalized spacial score (nSPS) is 13.5. The van der Waals surface area contributed by atoms with Crippen molar-refractivity contribution in [3.8, 4) is 0 Å². The summed E-state index contributed by atoms with van der Waals surface area (Å²) < 4.78 is 2.29. The van der Waals surface area contributed by atoms with Crippen molar-refractivity contribution < 1.29 is 0 Å². The van der Waals surface area contributed by atoms with Gasteiger partial charge in [0.2, 0.25) is 0 Å². The van der Waals surface area contributed by atoms with E-state index in [-0.39, 0.29) is 0 Å². The summed E-state index contributed by atoms with van der Waals surface area (Å²) in [5.74, 6) is 2.00. The number of imidazole rings is 1. The van der Waals surface area contributed by atoms with E-state index in [2.05, 4.69) is 49.4 Å². The molecule has 2 aromatic rings. The lowest BCUT2D eigenvalue weighted by molar-refractivity contribution is 0.409. The van der Waals surface area contributed by atoms with Crippen LogP contribution in [0, 0.1) is 12.8 Å². The fourth-order valence-corrected chi connectivity index (χ4v) is 2.39. The molecule has 0 aliphatic rings. The number of para-hydroxylation sites is 1. The fraction of sp³-hybridized carbons (Fsp3) is 0.500. The summed E-state index contributed by atoms with van der Waals surface area (Å²) in [4.78, 5) is 4.63. The van der Waals surface area contributed by atoms with E-state index in [9.17, 15) is 0 Å². The van der Waals surface area contributed by atoms with Crippen molar-refractivity contribution in [2.75, 3.05) is 0 Å². The van der Waals surface area contributed by atoms with Crippen LogP contribution in [0.2, 0.25) is 0 Å². The number of alkyl halides is 1. The van der Waals surface area contributed by atoms with Crippen LogP contribution in [0.15, 0.2) is 18.2 Å². The average Bonchev–Trinajstić information content (AvgIpc) is 2.67. The summed E-state index contributed by atoms with van der Waals surface area (Å²) in [7, 11) is 0. The molecule has 2 rings (SSSR count). The first-order valence-corrected chi connectivity index (χ1v) is 6.62. The topological polar surface area (TPSA) is 17.8 Å². The quantitative estimate of drug-likeness (QED) is 0.743. The van der Waals surface area contributed by atoms with Gasteiger partial charge < -0.3 is 4.57 Å². The van der Waals surface area contributed by atoms with Gasteiger partial charge in [-0.2, -0.15) is 0 Å². The molecule has 0 fully saturated rings. The summed E-state index contributed by atoms with van der Waals surface area (Å²) in [6, 6.07) is 6.65. The molecule has 1 aromatic carbocycles. The molecule has 0 N–H and O–H groups in total. The Balaban J connectivity index is 2.73. The summed E-state index contributed by atoms with van der Waals surface area (Å²) in [6.07, 6.45) is 0. The number of fused-ring (bicyclic) bond motifs is 1. The Hall–Kier alpha value is -1.02. The number of aromatic nitrogens is 2. The highest BCUT2D eigenvalue weighted by molar-refractivity contribution is 6.16. The Morgan fingerprint density at radius 3 is 2.59 bits per heavy atom. The van der Waals surface area contributed by atoms with Gasteiger partial charge in [0.25, 0.3) is 0 Å². The maximum atomic E-state index is 6.02. The predicted molar refractivity (Wildman–Crippen MR) is 73.6 cm³/mol. The van der Waals surface area contributed by atoms with Gasteiger partial charge in [0.1, 0.15) is 5.82 Å². The lowest BCUT2D eigenvalue weighted by Crippen LogP contribution is -2.14. The minimum atomic E-state index is 0.412. The first-order chi connectivity index (χ1) is 8.06. The second-order valence-electron chi connectivity index (χ2n) is 4.96. The number of nitrogens with zero attached hydrogens (tertiary/aromatic N) is 2. The number of aryl methyl sites for hydroxylation is 1. The maximum absolute atomic E-state index is 6.02. The molecule has 0 aliphatic carbocycles. The highest BCUT2D eigenvalue weighted by Crippen LogP contribution is 2.28. The van der Waals surface area contributed by atoms with E-state index < -0.39 is 0 Å². The first kappa shape index (κ1) is 12.4. The van der Waals surface area contributed by atoms with Crippen LogP contribution in [0.25, 0.3) is 11.0 Å². The SMILES string of the molecule is Cc1cccc2nc(CCl)n(C(C)C(C)C)c12. The summed E-state index contributed by atoms with van der Waals surface area (Å²) in [6.45, 7) is 8.82. The van der Waals surface area contributed by atoms with Crippen molar-refractivity contribution in [2.24, 2.45) is 5.92 Å². The van der Waals surface area contributed by atoms with Gasteiger partial charge in [-0.1, -0.05) is 26.0 Å². The molecule has 0 aliphatic heterocycles. The lowest BCUT2D eigenvalue weighted by atomic mass is 10.1. The second-order valence-corrected chi connectivity index (χ2v) is 5.23. The van der Waals surface area contributed by atoms with Gasteiger partial charge in [-0.25, -0.2) is 4.98 Å². The Labute approximate surface area is 108 Å². The van der Waals surface area contributed by atoms with Gasteiger partial charge in [-0.15, -0.1) is 11.6 Å². The van der Waals surface area contributed by atoms with Crippen LogP contribution >= 0.6 is 11.6 Å². The molecule has 0 saturated heterocycles. The molecule has 0 amide bonds. The van der Waals surface area contributed by atoms with Crippen LogP contribution in [0.5, 0.6) is 0 Å². The molecule has 3 heteroatoms. The Kier molecular flexibility index (Phi) is 3.43. The molecule has 0 spiro atoms. The molecule has 1 aromatic heterocycles. The highest BCUT2D eigenvalue weighted by Gasteiger charge is 2.18. The van der Waals surface area contributed by atoms with Gasteiger partial charge in [-0.3, -0.25) is 0 Å². The van der Waals surface area contributed by atoms with Gasteiger partial charge in [-0.05, 0) is 31.4 Å². The molecular weight excluding hydrogens is 232 g/mol. The largest absolute Gasteiger partial charge is 0.324 e. The zero-order chi connectivity index (χ0) is 12.6. The summed E-state index contributed by atoms with van der Waals surface area (Å²) in [5.41, 5.74) is 3.54. The van der Waals surface area contributed by atoms with Crippen LogP contribution < -0.4 is 0 Å². The molecule has 1 atom stereocenters. The molecule has 2 nitrogen and oxygen atoms in total. The van der Waals surface area contributed by atoms with Crippen molar-refractivity contribution >= 4 is 22.6 Å². The minimum Gasteiger partial charge on any atom is -0.324 e. The number of hydrogen-bond acceptors (Lipinski definition) is 1. The summed E-state index contributed by atoms with van der Waals surface area (Å²) >= 11 is 6.02. The zero-order valence-electron chi connectivity index (χ0n) is 10.9. The van der Waals surface area contributed by atoms with Crippen LogP contribution in [-0.4, -0.2) is 9.55 Å². The molecule has 1 unspecified atom stereocenters. The predicted octanol–water partition coefficient (Wildman–Crippen LogP) is 4.30. The van der Waals surface area contributed by atoms with E-state index in [1.54, 1.807) is 0 Å². The second kappa shape index (κ2) is 4.69. The Morgan fingerprint density at radius 2 is 2.00 bits per heavy atom.